The van der Waals surface area contributed by atoms with Crippen molar-refractivity contribution in [1.82, 2.24) is 9.88 Å². The maximum atomic E-state index is 14.0. The Morgan fingerprint density at radius 2 is 1.45 bits per heavy atom. The average molecular weight is 977 g/mol. The Bertz CT molecular complexity index is 2690. The Kier molecular flexibility index (Phi) is 17.5. The fourth-order valence-corrected chi connectivity index (χ4v) is 10.4. The smallest absolute Gasteiger partial charge is 0.227 e. The third-order valence-electron chi connectivity index (χ3n) is 12.2. The lowest BCUT2D eigenvalue weighted by Crippen LogP contribution is -2.47. The van der Waals surface area contributed by atoms with Gasteiger partial charge in [0.2, 0.25) is 5.91 Å². The normalized spacial score (nSPS) is 15.4. The lowest BCUT2D eigenvalue weighted by atomic mass is 9.76. The monoisotopic (exact) mass is 976 g/mol. The zero-order valence-electron chi connectivity index (χ0n) is 39.7. The molecule has 4 aromatic carbocycles. The van der Waals surface area contributed by atoms with E-state index in [0.29, 0.717) is 48.9 Å². The first-order valence-electron chi connectivity index (χ1n) is 23.1. The molecule has 1 saturated heterocycles. The third kappa shape index (κ3) is 13.3. The second kappa shape index (κ2) is 23.7. The molecule has 0 saturated carbocycles. The second-order valence-corrected chi connectivity index (χ2v) is 20.1. The third-order valence-corrected chi connectivity index (χ3v) is 14.4. The van der Waals surface area contributed by atoms with Gasteiger partial charge in [-0.25, -0.2) is 4.98 Å². The van der Waals surface area contributed by atoms with Gasteiger partial charge in [-0.3, -0.25) is 19.2 Å². The Balaban J connectivity index is 0.783. The van der Waals surface area contributed by atoms with Crippen molar-refractivity contribution in [2.24, 2.45) is 11.3 Å². The van der Waals surface area contributed by atoms with Crippen LogP contribution >= 0.6 is 22.7 Å². The van der Waals surface area contributed by atoms with Crippen LogP contribution in [-0.4, -0.2) is 115 Å². The molecule has 3 atom stereocenters. The largest absolute Gasteiger partial charge is 0.508 e. The Morgan fingerprint density at radius 1 is 0.812 bits per heavy atom. The number of aryl methyl sites for hydroxylation is 2. The number of methoxy groups -OCH3 is 1. The van der Waals surface area contributed by atoms with E-state index in [1.165, 1.54) is 16.2 Å². The Morgan fingerprint density at radius 3 is 2.10 bits per heavy atom. The van der Waals surface area contributed by atoms with Crippen LogP contribution in [0.3, 0.4) is 0 Å². The van der Waals surface area contributed by atoms with Crippen LogP contribution in [0.25, 0.3) is 31.0 Å². The van der Waals surface area contributed by atoms with Crippen molar-refractivity contribution >= 4 is 56.0 Å². The van der Waals surface area contributed by atoms with E-state index < -0.39 is 23.5 Å². The number of ether oxygens (including phenoxy) is 5. The second-order valence-electron chi connectivity index (χ2n) is 18.2. The number of phenols is 1. The van der Waals surface area contributed by atoms with Crippen molar-refractivity contribution in [3.63, 3.8) is 0 Å². The van der Waals surface area contributed by atoms with E-state index in [2.05, 4.69) is 4.98 Å². The van der Waals surface area contributed by atoms with E-state index in [9.17, 15) is 29.4 Å². The van der Waals surface area contributed by atoms with E-state index >= 15 is 0 Å². The average Bonchev–Trinajstić information content (AvgIpc) is 4.07. The maximum Gasteiger partial charge on any atom is 0.227 e. The fourth-order valence-electron chi connectivity index (χ4n) is 8.40. The summed E-state index contributed by atoms with van der Waals surface area (Å²) in [5.41, 5.74) is 6.26. The number of benzene rings is 4. The van der Waals surface area contributed by atoms with Crippen LogP contribution in [0.1, 0.15) is 67.2 Å². The molecule has 0 spiro atoms. The number of likely N-dealkylation sites (tertiary alicyclic amines) is 1. The minimum atomic E-state index is -0.814. The van der Waals surface area contributed by atoms with Gasteiger partial charge in [-0.15, -0.1) is 22.7 Å². The van der Waals surface area contributed by atoms with Crippen LogP contribution in [-0.2, 0) is 35.0 Å². The molecular weight excluding hydrogens is 917 g/mol. The molecule has 1 amide bonds. The molecule has 0 aliphatic carbocycles. The lowest BCUT2D eigenvalue weighted by Gasteiger charge is -2.34. The predicted molar refractivity (Wildman–Crippen MR) is 268 cm³/mol. The topological polar surface area (TPSA) is 171 Å². The summed E-state index contributed by atoms with van der Waals surface area (Å²) in [4.78, 5) is 62.4. The van der Waals surface area contributed by atoms with Crippen LogP contribution in [0.15, 0.2) is 96.5 Å². The minimum absolute atomic E-state index is 0.0496. The number of nitrogens with zero attached hydrogens (tertiary/aromatic N) is 2. The molecule has 15 heteroatoms. The summed E-state index contributed by atoms with van der Waals surface area (Å²) in [5, 5.41) is 21.5. The number of fused-ring (bicyclic) bond motifs is 1. The summed E-state index contributed by atoms with van der Waals surface area (Å²) in [6.07, 6.45) is 0.0619. The number of Topliss-reactive ketones (excluding diaryl/α,β-unsaturated/α-hetero) is 2. The van der Waals surface area contributed by atoms with Gasteiger partial charge in [-0.1, -0.05) is 45.0 Å². The summed E-state index contributed by atoms with van der Waals surface area (Å²) >= 11 is 3.04. The number of ketones is 3. The van der Waals surface area contributed by atoms with Gasteiger partial charge in [-0.05, 0) is 102 Å². The number of β-amino-alcohol motifs (C(OH)–C–C–N with tert-alkyl or cyclic N) is 1. The zero-order chi connectivity index (χ0) is 49.1. The zero-order valence-corrected chi connectivity index (χ0v) is 41.4. The molecule has 3 heterocycles. The van der Waals surface area contributed by atoms with Crippen LogP contribution in [0, 0.1) is 18.3 Å². The first-order valence-corrected chi connectivity index (χ1v) is 24.8. The van der Waals surface area contributed by atoms with Gasteiger partial charge in [0.25, 0.3) is 0 Å². The molecular formula is C54H60N2O11S2. The number of rotatable bonds is 24. The van der Waals surface area contributed by atoms with Crippen molar-refractivity contribution in [3.05, 3.63) is 119 Å². The molecule has 6 aromatic rings. The Hall–Kier alpha value is -5.81. The number of carbonyl (C=O) groups excluding carboxylic acids is 4. The highest BCUT2D eigenvalue weighted by molar-refractivity contribution is 7.22. The first kappa shape index (κ1) is 51.1. The molecule has 13 nitrogen and oxygen atoms in total. The van der Waals surface area contributed by atoms with Gasteiger partial charge in [0, 0.05) is 57.8 Å². The van der Waals surface area contributed by atoms with Gasteiger partial charge < -0.3 is 38.8 Å². The van der Waals surface area contributed by atoms with Gasteiger partial charge >= 0.3 is 0 Å². The molecule has 0 radical (unpaired) electrons. The van der Waals surface area contributed by atoms with Crippen LogP contribution in [0.2, 0.25) is 0 Å². The van der Waals surface area contributed by atoms with Crippen molar-refractivity contribution in [2.45, 2.75) is 65.5 Å². The molecule has 0 unspecified atom stereocenters. The molecule has 0 bridgehead atoms. The quantitative estimate of drug-likeness (QED) is 0.0436. The number of aromatic hydroxyl groups is 1. The number of hydrogen-bond donors (Lipinski definition) is 2. The lowest BCUT2D eigenvalue weighted by molar-refractivity contribution is -0.146. The number of phenolic OH excluding ortho intramolecular Hbond substituents is 1. The summed E-state index contributed by atoms with van der Waals surface area (Å²) in [7, 11) is 1.60. The minimum Gasteiger partial charge on any atom is -0.508 e. The van der Waals surface area contributed by atoms with Crippen LogP contribution in [0.5, 0.6) is 17.2 Å². The van der Waals surface area contributed by atoms with Gasteiger partial charge in [0.15, 0.2) is 17.3 Å². The van der Waals surface area contributed by atoms with Crippen molar-refractivity contribution < 1.29 is 53.1 Å². The number of aromatic nitrogens is 1. The highest BCUT2D eigenvalue weighted by Gasteiger charge is 2.44. The van der Waals surface area contributed by atoms with Crippen molar-refractivity contribution in [3.8, 4) is 38.1 Å². The summed E-state index contributed by atoms with van der Waals surface area (Å²) in [5.74, 6) is -0.0370. The van der Waals surface area contributed by atoms with Gasteiger partial charge in [0.1, 0.15) is 30.5 Å². The molecule has 1 aliphatic heterocycles. The molecule has 364 valence electrons. The molecule has 2 aromatic heterocycles. The highest BCUT2D eigenvalue weighted by atomic mass is 32.1. The highest BCUT2D eigenvalue weighted by Crippen LogP contribution is 2.42. The summed E-state index contributed by atoms with van der Waals surface area (Å²) in [6, 6.07) is 26.9. The van der Waals surface area contributed by atoms with Gasteiger partial charge in [-0.2, -0.15) is 0 Å². The number of thiophene rings is 1. The van der Waals surface area contributed by atoms with E-state index in [0.717, 1.165) is 42.2 Å². The summed E-state index contributed by atoms with van der Waals surface area (Å²) in [6.45, 7) is 9.21. The number of amides is 1. The van der Waals surface area contributed by atoms with E-state index in [1.807, 2.05) is 81.7 Å². The SMILES string of the molecule is COc1ccc(-c2sc3cc(O)ccc3c2C(=O)c2ccc(OCCOCCOCCOCC(=O)C[C@H](C(=O)N3C[C@H](O)C[C@H]3C(=O)CCc3ccc(-c4scnc4C)cc3)C(C)(C)C)cc2)cc1. The van der Waals surface area contributed by atoms with E-state index in [4.69, 9.17) is 23.7 Å². The molecule has 7 rings (SSSR count). The number of carbonyl (C=O) groups is 4. The van der Waals surface area contributed by atoms with Gasteiger partial charge in [0.05, 0.1) is 68.4 Å². The number of aliphatic hydroxyl groups is 1. The van der Waals surface area contributed by atoms with Crippen molar-refractivity contribution in [2.75, 3.05) is 59.9 Å². The summed E-state index contributed by atoms with van der Waals surface area (Å²) < 4.78 is 28.8. The Labute approximate surface area is 411 Å². The van der Waals surface area contributed by atoms with E-state index in [1.54, 1.807) is 60.9 Å². The number of thiazole rings is 1. The standard InChI is InChI=1S/C54H60N2O11S2/c1-34-51(68-33-55-34)37-9-6-35(7-10-37)8-21-47(60)46-29-40(58)31-56(46)53(62)45(54(2,3)4)28-41(59)32-66-25-24-64-22-23-65-26-27-67-43-18-11-36(12-19-43)50(61)49-44-20-15-39(57)30-48(44)69-52(49)38-13-16-42(63-5)17-14-38/h6-7,9-20,30,33,40,45-46,57-58H,8,21-29,31-32H2,1-5H3/t40-,45-,46+/m1/s1. The number of hydrogen-bond acceptors (Lipinski definition) is 14. The molecule has 1 aliphatic rings. The first-order chi connectivity index (χ1) is 33.2. The molecule has 69 heavy (non-hydrogen) atoms. The van der Waals surface area contributed by atoms with Crippen molar-refractivity contribution in [1.29, 1.82) is 0 Å². The van der Waals surface area contributed by atoms with Crippen LogP contribution < -0.4 is 9.47 Å². The molecule has 2 N–H and O–H groups in total. The van der Waals surface area contributed by atoms with E-state index in [-0.39, 0.29) is 81.2 Å². The molecule has 1 fully saturated rings. The maximum absolute atomic E-state index is 14.0. The predicted octanol–water partition coefficient (Wildman–Crippen LogP) is 9.16. The fraction of sp³-hybridized carbons (Fsp3) is 0.389. The number of aliphatic hydroxyl groups excluding tert-OH is 1. The van der Waals surface area contributed by atoms with Crippen LogP contribution in [0.4, 0.5) is 0 Å².